The van der Waals surface area contributed by atoms with E-state index in [-0.39, 0.29) is 11.6 Å². The average Bonchev–Trinajstić information content (AvgIpc) is 3.54. The molecule has 0 N–H and O–H groups in total. The zero-order chi connectivity index (χ0) is 23.7. The fourth-order valence-electron chi connectivity index (χ4n) is 3.36. The van der Waals surface area contributed by atoms with Crippen LogP contribution in [-0.4, -0.2) is 32.4 Å². The van der Waals surface area contributed by atoms with Crippen molar-refractivity contribution < 1.29 is 14.1 Å². The zero-order valence-electron chi connectivity index (χ0n) is 17.6. The summed E-state index contributed by atoms with van der Waals surface area (Å²) in [6, 6.07) is 17.4. The maximum atomic E-state index is 13.0. The number of amidine groups is 1. The number of rotatable bonds is 6. The molecule has 2 aromatic carbocycles. The maximum absolute atomic E-state index is 13.0. The number of nitrogens with zero attached hydrogens (tertiary/aromatic N) is 4. The van der Waals surface area contributed by atoms with Crippen LogP contribution in [0.3, 0.4) is 0 Å². The van der Waals surface area contributed by atoms with Crippen molar-refractivity contribution in [2.24, 2.45) is 4.99 Å². The topological polar surface area (TPSA) is 102 Å². The summed E-state index contributed by atoms with van der Waals surface area (Å²) >= 11 is 2.69. The van der Waals surface area contributed by atoms with Crippen molar-refractivity contribution in [3.8, 4) is 11.3 Å². The summed E-state index contributed by atoms with van der Waals surface area (Å²) < 4.78 is 6.87. The van der Waals surface area contributed by atoms with Gasteiger partial charge >= 0.3 is 0 Å². The minimum absolute atomic E-state index is 0.0221. The van der Waals surface area contributed by atoms with Crippen LogP contribution in [0.25, 0.3) is 27.6 Å². The number of fused-ring (bicyclic) bond motifs is 1. The molecule has 1 aliphatic heterocycles. The molecule has 10 heteroatoms. The van der Waals surface area contributed by atoms with Gasteiger partial charge in [0.2, 0.25) is 5.13 Å². The Bertz CT molecular complexity index is 1470. The molecule has 0 atom stereocenters. The summed E-state index contributed by atoms with van der Waals surface area (Å²) in [5.41, 5.74) is 1.41. The number of thiazole rings is 1. The molecule has 34 heavy (non-hydrogen) atoms. The summed E-state index contributed by atoms with van der Waals surface area (Å²) in [5, 5.41) is 12.1. The van der Waals surface area contributed by atoms with E-state index in [9.17, 15) is 14.9 Å². The Morgan fingerprint density at radius 1 is 1.18 bits per heavy atom. The monoisotopic (exact) mass is 488 g/mol. The Labute approximate surface area is 202 Å². The van der Waals surface area contributed by atoms with Gasteiger partial charge in [0, 0.05) is 30.3 Å². The minimum Gasteiger partial charge on any atom is -0.457 e. The summed E-state index contributed by atoms with van der Waals surface area (Å²) in [5.74, 6) is 0.715. The van der Waals surface area contributed by atoms with Crippen LogP contribution in [0.4, 0.5) is 10.8 Å². The van der Waals surface area contributed by atoms with Crippen LogP contribution in [0.15, 0.2) is 87.6 Å². The van der Waals surface area contributed by atoms with Gasteiger partial charge in [0.1, 0.15) is 11.5 Å². The van der Waals surface area contributed by atoms with Crippen LogP contribution >= 0.6 is 23.1 Å². The van der Waals surface area contributed by atoms with E-state index in [0.717, 1.165) is 10.2 Å². The predicted octanol–water partition coefficient (Wildman–Crippen LogP) is 6.25. The molecule has 0 bridgehead atoms. The smallest absolute Gasteiger partial charge is 0.270 e. The molecule has 1 saturated heterocycles. The fraction of sp³-hybridized carbons (Fsp3) is 0.0417. The van der Waals surface area contributed by atoms with Crippen LogP contribution in [0.2, 0.25) is 0 Å². The van der Waals surface area contributed by atoms with Gasteiger partial charge in [-0.1, -0.05) is 41.7 Å². The van der Waals surface area contributed by atoms with Gasteiger partial charge in [-0.15, -0.1) is 6.58 Å². The first kappa shape index (κ1) is 21.8. The van der Waals surface area contributed by atoms with Gasteiger partial charge < -0.3 is 4.42 Å². The van der Waals surface area contributed by atoms with Crippen molar-refractivity contribution in [1.29, 1.82) is 0 Å². The maximum Gasteiger partial charge on any atom is 0.270 e. The van der Waals surface area contributed by atoms with Crippen molar-refractivity contribution in [1.82, 2.24) is 9.88 Å². The molecule has 1 aliphatic rings. The van der Waals surface area contributed by atoms with E-state index in [0.29, 0.717) is 38.8 Å². The van der Waals surface area contributed by atoms with E-state index < -0.39 is 4.92 Å². The molecule has 2 aromatic heterocycles. The second-order valence-electron chi connectivity index (χ2n) is 7.18. The Hall–Kier alpha value is -4.02. The van der Waals surface area contributed by atoms with E-state index in [1.165, 1.54) is 35.2 Å². The molecule has 0 spiro atoms. The number of aliphatic imine (C=N–C) groups is 1. The number of carbonyl (C=O) groups excluding carboxylic acids is 1. The number of nitro benzene ring substituents is 1. The summed E-state index contributed by atoms with van der Waals surface area (Å²) in [4.78, 5) is 34.8. The second-order valence-corrected chi connectivity index (χ2v) is 9.20. The minimum atomic E-state index is -0.455. The third-order valence-corrected chi connectivity index (χ3v) is 6.85. The molecular formula is C24H16N4O4S2. The van der Waals surface area contributed by atoms with E-state index in [4.69, 9.17) is 4.42 Å². The number of benzene rings is 2. The highest BCUT2D eigenvalue weighted by Crippen LogP contribution is 2.37. The summed E-state index contributed by atoms with van der Waals surface area (Å²) in [7, 11) is 0. The van der Waals surface area contributed by atoms with E-state index in [1.807, 2.05) is 24.3 Å². The van der Waals surface area contributed by atoms with Crippen molar-refractivity contribution in [2.45, 2.75) is 0 Å². The Morgan fingerprint density at radius 3 is 2.82 bits per heavy atom. The number of aromatic nitrogens is 1. The van der Waals surface area contributed by atoms with Gasteiger partial charge in [0.05, 0.1) is 20.0 Å². The number of carbonyl (C=O) groups is 1. The van der Waals surface area contributed by atoms with Crippen LogP contribution in [-0.2, 0) is 4.79 Å². The van der Waals surface area contributed by atoms with Crippen LogP contribution in [0, 0.1) is 10.1 Å². The number of para-hydroxylation sites is 1. The Balaban J connectivity index is 1.44. The number of nitro groups is 1. The van der Waals surface area contributed by atoms with E-state index >= 15 is 0 Å². The average molecular weight is 489 g/mol. The van der Waals surface area contributed by atoms with Crippen molar-refractivity contribution in [3.05, 3.63) is 94.1 Å². The second kappa shape index (κ2) is 9.08. The summed E-state index contributed by atoms with van der Waals surface area (Å²) in [6.45, 7) is 4.05. The van der Waals surface area contributed by atoms with Crippen molar-refractivity contribution >= 4 is 61.3 Å². The molecule has 5 rings (SSSR count). The summed E-state index contributed by atoms with van der Waals surface area (Å²) in [6.07, 6.45) is 3.29. The van der Waals surface area contributed by atoms with Gasteiger partial charge in [-0.05, 0) is 36.0 Å². The molecule has 0 radical (unpaired) electrons. The third kappa shape index (κ3) is 4.28. The number of non-ortho nitro benzene ring substituents is 1. The first-order valence-electron chi connectivity index (χ1n) is 10.1. The number of thioether (sulfide) groups is 1. The molecule has 3 heterocycles. The number of hydrogen-bond acceptors (Lipinski definition) is 8. The van der Waals surface area contributed by atoms with Crippen LogP contribution in [0.1, 0.15) is 5.76 Å². The first-order chi connectivity index (χ1) is 16.5. The lowest BCUT2D eigenvalue weighted by atomic mass is 10.1. The van der Waals surface area contributed by atoms with Crippen LogP contribution in [0.5, 0.6) is 0 Å². The molecule has 0 unspecified atom stereocenters. The van der Waals surface area contributed by atoms with Crippen molar-refractivity contribution in [3.63, 3.8) is 0 Å². The molecule has 4 aromatic rings. The normalized spacial score (nSPS) is 16.1. The van der Waals surface area contributed by atoms with Crippen LogP contribution < -0.4 is 0 Å². The Morgan fingerprint density at radius 2 is 2.03 bits per heavy atom. The highest BCUT2D eigenvalue weighted by atomic mass is 32.2. The molecule has 0 aliphatic carbocycles. The number of furan rings is 1. The van der Waals surface area contributed by atoms with Gasteiger partial charge in [0.15, 0.2) is 5.17 Å². The molecule has 0 saturated carbocycles. The first-order valence-corrected chi connectivity index (χ1v) is 11.8. The quantitative estimate of drug-likeness (QED) is 0.137. The van der Waals surface area contributed by atoms with Gasteiger partial charge in [-0.3, -0.25) is 19.8 Å². The van der Waals surface area contributed by atoms with Crippen molar-refractivity contribution in [2.75, 3.05) is 6.54 Å². The third-order valence-electron chi connectivity index (χ3n) is 4.92. The predicted molar refractivity (Wildman–Crippen MR) is 135 cm³/mol. The van der Waals surface area contributed by atoms with E-state index in [1.54, 1.807) is 41.3 Å². The lowest BCUT2D eigenvalue weighted by Gasteiger charge is -2.11. The SMILES string of the molecule is C=CCN1C(=O)C(=Cc2ccc(-c3cccc([N+](=O)[O-])c3)o2)SC1=Nc1nc2ccccc2s1. The van der Waals surface area contributed by atoms with Gasteiger partial charge in [-0.25, -0.2) is 4.98 Å². The lowest BCUT2D eigenvalue weighted by Crippen LogP contribution is -2.29. The Kier molecular flexibility index (Phi) is 5.83. The largest absolute Gasteiger partial charge is 0.457 e. The lowest BCUT2D eigenvalue weighted by molar-refractivity contribution is -0.384. The van der Waals surface area contributed by atoms with Gasteiger partial charge in [0.25, 0.3) is 11.6 Å². The number of hydrogen-bond donors (Lipinski definition) is 0. The van der Waals surface area contributed by atoms with Gasteiger partial charge in [-0.2, -0.15) is 4.99 Å². The number of amides is 1. The standard InChI is InChI=1S/C24H16N4O4S2/c1-2-12-27-22(29)21(34-24(27)26-23-25-18-8-3-4-9-20(18)33-23)14-17-10-11-19(32-17)15-6-5-7-16(13-15)28(30)31/h2-11,13-14H,1,12H2. The molecule has 8 nitrogen and oxygen atoms in total. The molecule has 1 fully saturated rings. The molecule has 168 valence electrons. The highest BCUT2D eigenvalue weighted by Gasteiger charge is 2.33. The molecule has 1 amide bonds. The molecular weight excluding hydrogens is 472 g/mol. The van der Waals surface area contributed by atoms with E-state index in [2.05, 4.69) is 16.6 Å². The fourth-order valence-corrected chi connectivity index (χ4v) is 5.22. The highest BCUT2D eigenvalue weighted by molar-refractivity contribution is 8.18. The zero-order valence-corrected chi connectivity index (χ0v) is 19.2.